The second-order valence-electron chi connectivity index (χ2n) is 3.80. The summed E-state index contributed by atoms with van der Waals surface area (Å²) in [5, 5.41) is 0. The van der Waals surface area contributed by atoms with Crippen molar-refractivity contribution in [2.45, 2.75) is 0 Å². The van der Waals surface area contributed by atoms with Crippen LogP contribution in [0.1, 0.15) is 0 Å². The van der Waals surface area contributed by atoms with Gasteiger partial charge in [-0.15, -0.1) is 0 Å². The molecule has 0 amide bonds. The molecular formula is C6H5BrF5Zn. The van der Waals surface area contributed by atoms with Gasteiger partial charge in [-0.1, -0.05) is 0 Å². The van der Waals surface area contributed by atoms with Crippen LogP contribution >= 0.6 is 13.6 Å². The zero-order valence-electron chi connectivity index (χ0n) is 6.36. The summed E-state index contributed by atoms with van der Waals surface area (Å²) in [7, 11) is 0. The summed E-state index contributed by atoms with van der Waals surface area (Å²) in [6.45, 7) is 0. The molecule has 0 atom stereocenters. The van der Waals surface area contributed by atoms with Crippen LogP contribution in [0.3, 0.4) is 0 Å². The summed E-state index contributed by atoms with van der Waals surface area (Å²) in [5.41, 5.74) is 0. The molecule has 0 heterocycles. The molecule has 0 aliphatic carbocycles. The topological polar surface area (TPSA) is 0 Å². The third-order valence-corrected chi connectivity index (χ3v) is 10.0. The van der Waals surface area contributed by atoms with Crippen LogP contribution in [0.5, 0.6) is 0 Å². The van der Waals surface area contributed by atoms with E-state index in [1.54, 1.807) is 0 Å². The van der Waals surface area contributed by atoms with E-state index in [1.807, 2.05) is 0 Å². The van der Waals surface area contributed by atoms with Gasteiger partial charge in [0.25, 0.3) is 0 Å². The summed E-state index contributed by atoms with van der Waals surface area (Å²) in [6.07, 6.45) is 0. The molecule has 0 aliphatic heterocycles. The molecular weight excluding hydrogens is 312 g/mol. The van der Waals surface area contributed by atoms with Gasteiger partial charge in [0.2, 0.25) is 0 Å². The molecule has 73 valence electrons. The Labute approximate surface area is 76.6 Å². The molecule has 1 aromatic carbocycles. The van der Waals surface area contributed by atoms with Gasteiger partial charge < -0.3 is 0 Å². The Hall–Kier alpha value is -0.0266. The molecule has 0 unspecified atom stereocenters. The summed E-state index contributed by atoms with van der Waals surface area (Å²) in [4.78, 5) is 0. The maximum atomic E-state index is 12.6. The van der Waals surface area contributed by atoms with Gasteiger partial charge in [0.1, 0.15) is 0 Å². The van der Waals surface area contributed by atoms with Gasteiger partial charge in [-0.3, -0.25) is 0 Å². The van der Waals surface area contributed by atoms with E-state index >= 15 is 0 Å². The molecule has 0 radical (unpaired) electrons. The number of halogens is 6. The van der Waals surface area contributed by atoms with Gasteiger partial charge in [0.15, 0.2) is 0 Å². The van der Waals surface area contributed by atoms with Gasteiger partial charge in [0.05, 0.1) is 0 Å². The van der Waals surface area contributed by atoms with Gasteiger partial charge in [0, 0.05) is 0 Å². The molecule has 13 heavy (non-hydrogen) atoms. The van der Waals surface area contributed by atoms with Crippen molar-refractivity contribution in [3.8, 4) is 0 Å². The minimum atomic E-state index is -11.2. The Morgan fingerprint density at radius 3 is 1.46 bits per heavy atom. The van der Waals surface area contributed by atoms with Crippen molar-refractivity contribution in [3.05, 3.63) is 30.3 Å². The SMILES string of the molecule is [F][Zn]([F])([F])([F])([F])([Br])[c]1ccccc1. The third-order valence-electron chi connectivity index (χ3n) is 1.77. The first kappa shape index (κ1) is 11.1. The Bertz CT molecular complexity index is 341. The Morgan fingerprint density at radius 1 is 0.846 bits per heavy atom. The minimum absolute atomic E-state index is 0.360. The van der Waals surface area contributed by atoms with Gasteiger partial charge >= 0.3 is 76.5 Å². The molecule has 0 spiro atoms. The predicted octanol–water partition coefficient (Wildman–Crippen LogP) is 3.81. The van der Waals surface area contributed by atoms with E-state index < -0.39 is 15.9 Å². The average molecular weight is 317 g/mol. The van der Waals surface area contributed by atoms with Crippen molar-refractivity contribution in [3.63, 3.8) is 0 Å². The zero-order valence-corrected chi connectivity index (χ0v) is 10.9. The van der Waals surface area contributed by atoms with Crippen LogP contribution in [0.4, 0.5) is 16.6 Å². The molecule has 0 N–H and O–H groups in total. The van der Waals surface area contributed by atoms with Gasteiger partial charge in [-0.2, -0.15) is 0 Å². The molecule has 7 heteroatoms. The number of rotatable bonds is 1. The van der Waals surface area contributed by atoms with E-state index in [4.69, 9.17) is 0 Å². The number of hydrogen-bond donors (Lipinski definition) is 0. The van der Waals surface area contributed by atoms with Crippen LogP contribution in [0, 0.1) is 0 Å². The normalized spacial score (nSPS) is 20.9. The van der Waals surface area contributed by atoms with E-state index in [0.717, 1.165) is 25.8 Å². The molecule has 0 fully saturated rings. The van der Waals surface area contributed by atoms with E-state index in [1.165, 1.54) is 6.07 Å². The first-order valence-corrected chi connectivity index (χ1v) is 17.9. The van der Waals surface area contributed by atoms with Crippen molar-refractivity contribution >= 4 is 17.8 Å². The summed E-state index contributed by atoms with van der Waals surface area (Å²) in [5.74, 6) is 0. The van der Waals surface area contributed by atoms with Crippen molar-refractivity contribution in [1.29, 1.82) is 0 Å². The Morgan fingerprint density at radius 2 is 1.23 bits per heavy atom. The van der Waals surface area contributed by atoms with Crippen molar-refractivity contribution < 1.29 is 28.4 Å². The Kier molecular flexibility index (Phi) is 1.46. The van der Waals surface area contributed by atoms with E-state index in [2.05, 4.69) is 0 Å². The first-order chi connectivity index (χ1) is 5.30. The summed E-state index contributed by atoms with van der Waals surface area (Å²) >= 11 is -10.4. The second-order valence-corrected chi connectivity index (χ2v) is 29.2. The maximum absolute atomic E-state index is 12.6. The molecule has 0 saturated heterocycles. The van der Waals surface area contributed by atoms with Crippen LogP contribution in [-0.2, 0) is 11.8 Å². The second kappa shape index (κ2) is 1.72. The molecule has 1 rings (SSSR count). The monoisotopic (exact) mass is 315 g/mol. The molecule has 0 bridgehead atoms. The quantitative estimate of drug-likeness (QED) is 0.546. The van der Waals surface area contributed by atoms with Crippen LogP contribution in [0.15, 0.2) is 30.3 Å². The van der Waals surface area contributed by atoms with Crippen LogP contribution < -0.4 is 4.16 Å². The van der Waals surface area contributed by atoms with E-state index in [0.29, 0.717) is 12.1 Å². The summed E-state index contributed by atoms with van der Waals surface area (Å²) < 4.78 is 61.3. The summed E-state index contributed by atoms with van der Waals surface area (Å²) in [6, 6.07) is 3.80. The van der Waals surface area contributed by atoms with Gasteiger partial charge in [-0.05, 0) is 0 Å². The van der Waals surface area contributed by atoms with Crippen LogP contribution in [-0.4, -0.2) is 0 Å². The fourth-order valence-electron chi connectivity index (χ4n) is 1.01. The third kappa shape index (κ3) is 2.99. The number of hydrogen-bond acceptors (Lipinski definition) is 0. The Balaban J connectivity index is 3.60. The zero-order chi connectivity index (χ0) is 10.5. The van der Waals surface area contributed by atoms with Crippen molar-refractivity contribution in [2.75, 3.05) is 0 Å². The predicted molar refractivity (Wildman–Crippen MR) is 40.5 cm³/mol. The number of benzene rings is 1. The average Bonchev–Trinajstić information content (AvgIpc) is 1.84. The standard InChI is InChI=1S/C6H5.BrH.5FH.Zn/c1-2-4-6-5-3-1;;;;;;;/h1-5H;6*1H;/q;;;;;;;+6/p-6. The fraction of sp³-hybridized carbons (Fsp3) is 0. The molecule has 0 saturated carbocycles. The van der Waals surface area contributed by atoms with Crippen LogP contribution in [0.2, 0.25) is 0 Å². The molecule has 0 aliphatic rings. The van der Waals surface area contributed by atoms with E-state index in [-0.39, 0.29) is 0 Å². The molecule has 0 nitrogen and oxygen atoms in total. The fourth-order valence-corrected chi connectivity index (χ4v) is 5.77. The van der Waals surface area contributed by atoms with Gasteiger partial charge in [-0.25, -0.2) is 0 Å². The molecule has 1 aromatic rings. The van der Waals surface area contributed by atoms with E-state index in [9.17, 15) is 16.6 Å². The molecule has 0 aromatic heterocycles. The van der Waals surface area contributed by atoms with Crippen molar-refractivity contribution in [1.82, 2.24) is 0 Å². The van der Waals surface area contributed by atoms with Crippen molar-refractivity contribution in [2.24, 2.45) is 0 Å². The first-order valence-electron chi connectivity index (χ1n) is 3.87. The van der Waals surface area contributed by atoms with Crippen LogP contribution in [0.25, 0.3) is 0 Å².